The number of hydrogen-bond acceptors (Lipinski definition) is 3. The highest BCUT2D eigenvalue weighted by Crippen LogP contribution is 2.29. The topological polar surface area (TPSA) is 31.6 Å². The average molecular weight is 383 g/mol. The fourth-order valence-corrected chi connectivity index (χ4v) is 3.16. The highest BCUT2D eigenvalue weighted by Gasteiger charge is 2.30. The lowest BCUT2D eigenvalue weighted by Gasteiger charge is -2.36. The van der Waals surface area contributed by atoms with Crippen molar-refractivity contribution in [3.8, 4) is 0 Å². The van der Waals surface area contributed by atoms with Crippen molar-refractivity contribution in [2.24, 2.45) is 0 Å². The Labute approximate surface area is 155 Å². The summed E-state index contributed by atoms with van der Waals surface area (Å²) in [6, 6.07) is 9.22. The number of thiocarbonyl (C=S) groups is 1. The molecule has 1 fully saturated rings. The van der Waals surface area contributed by atoms with E-state index in [1.54, 1.807) is 12.3 Å². The third-order valence-corrected chi connectivity index (χ3v) is 4.72. The third-order valence-electron chi connectivity index (χ3n) is 4.31. The number of furan rings is 1. The van der Waals surface area contributed by atoms with Gasteiger partial charge in [0.05, 0.1) is 18.4 Å². The Hall–Kier alpha value is -2.06. The van der Waals surface area contributed by atoms with E-state index in [1.165, 1.54) is 12.1 Å². The fourth-order valence-electron chi connectivity index (χ4n) is 2.90. The van der Waals surface area contributed by atoms with Crippen molar-refractivity contribution >= 4 is 17.3 Å². The minimum atomic E-state index is -4.31. The van der Waals surface area contributed by atoms with Crippen LogP contribution in [0.25, 0.3) is 0 Å². The number of hydrogen-bond donors (Lipinski definition) is 1. The molecule has 0 unspecified atom stereocenters. The molecule has 0 aliphatic carbocycles. The number of benzene rings is 1. The molecule has 4 nitrogen and oxygen atoms in total. The Bertz CT molecular complexity index is 726. The molecule has 140 valence electrons. The molecule has 0 bridgehead atoms. The van der Waals surface area contributed by atoms with E-state index >= 15 is 0 Å². The normalized spacial score (nSPS) is 15.9. The Balaban J connectivity index is 1.47. The van der Waals surface area contributed by atoms with E-state index in [0.29, 0.717) is 23.8 Å². The van der Waals surface area contributed by atoms with Gasteiger partial charge in [-0.1, -0.05) is 18.2 Å². The smallest absolute Gasteiger partial charge is 0.416 e. The predicted octanol–water partition coefficient (Wildman–Crippen LogP) is 3.49. The van der Waals surface area contributed by atoms with Gasteiger partial charge >= 0.3 is 6.18 Å². The van der Waals surface area contributed by atoms with Crippen molar-refractivity contribution in [2.45, 2.75) is 19.3 Å². The average Bonchev–Trinajstić information content (AvgIpc) is 3.13. The summed E-state index contributed by atoms with van der Waals surface area (Å²) in [6.07, 6.45) is -2.69. The molecule has 1 saturated heterocycles. The molecule has 8 heteroatoms. The van der Waals surface area contributed by atoms with E-state index in [4.69, 9.17) is 16.6 Å². The summed E-state index contributed by atoms with van der Waals surface area (Å²) in [5, 5.41) is 3.83. The lowest BCUT2D eigenvalue weighted by atomic mass is 10.1. The van der Waals surface area contributed by atoms with Crippen molar-refractivity contribution in [1.29, 1.82) is 0 Å². The molecule has 2 aromatic rings. The van der Waals surface area contributed by atoms with E-state index in [9.17, 15) is 13.2 Å². The summed E-state index contributed by atoms with van der Waals surface area (Å²) in [7, 11) is 0. The van der Waals surface area contributed by atoms with Gasteiger partial charge in [0.25, 0.3) is 0 Å². The summed E-state index contributed by atoms with van der Waals surface area (Å²) < 4.78 is 43.7. The van der Waals surface area contributed by atoms with Crippen LogP contribution in [0.3, 0.4) is 0 Å². The molecule has 0 radical (unpaired) electrons. The second-order valence-electron chi connectivity index (χ2n) is 6.20. The lowest BCUT2D eigenvalue weighted by molar-refractivity contribution is -0.137. The van der Waals surface area contributed by atoms with Gasteiger partial charge in [0, 0.05) is 32.7 Å². The van der Waals surface area contributed by atoms with Crippen LogP contribution in [0.1, 0.15) is 16.9 Å². The highest BCUT2D eigenvalue weighted by molar-refractivity contribution is 7.80. The van der Waals surface area contributed by atoms with E-state index in [-0.39, 0.29) is 0 Å². The van der Waals surface area contributed by atoms with Gasteiger partial charge in [-0.25, -0.2) is 0 Å². The van der Waals surface area contributed by atoms with Crippen molar-refractivity contribution in [3.63, 3.8) is 0 Å². The van der Waals surface area contributed by atoms with E-state index in [0.717, 1.165) is 38.0 Å². The molecule has 1 aromatic heterocycles. The zero-order valence-corrected chi connectivity index (χ0v) is 14.9. The van der Waals surface area contributed by atoms with Crippen LogP contribution in [0.15, 0.2) is 47.1 Å². The van der Waals surface area contributed by atoms with Crippen LogP contribution >= 0.6 is 12.2 Å². The lowest BCUT2D eigenvalue weighted by Crippen LogP contribution is -2.51. The maximum absolute atomic E-state index is 12.8. The Morgan fingerprint density at radius 1 is 1.12 bits per heavy atom. The quantitative estimate of drug-likeness (QED) is 0.817. The van der Waals surface area contributed by atoms with Crippen molar-refractivity contribution in [1.82, 2.24) is 15.1 Å². The maximum atomic E-state index is 12.8. The van der Waals surface area contributed by atoms with Crippen LogP contribution < -0.4 is 5.32 Å². The molecule has 0 atom stereocenters. The molecular weight excluding hydrogens is 363 g/mol. The van der Waals surface area contributed by atoms with Crippen molar-refractivity contribution < 1.29 is 17.6 Å². The molecule has 3 rings (SSSR count). The van der Waals surface area contributed by atoms with Gasteiger partial charge < -0.3 is 14.6 Å². The Morgan fingerprint density at radius 2 is 1.88 bits per heavy atom. The van der Waals surface area contributed by atoms with Crippen molar-refractivity contribution in [2.75, 3.05) is 26.2 Å². The maximum Gasteiger partial charge on any atom is 0.416 e. The predicted molar refractivity (Wildman–Crippen MR) is 96.4 cm³/mol. The molecular formula is C18H20F3N3OS. The number of rotatable bonds is 4. The van der Waals surface area contributed by atoms with Crippen molar-refractivity contribution in [3.05, 3.63) is 59.5 Å². The third kappa shape index (κ3) is 4.98. The Kier molecular flexibility index (Phi) is 5.83. The minimum Gasteiger partial charge on any atom is -0.467 e. The monoisotopic (exact) mass is 383 g/mol. The molecule has 0 spiro atoms. The van der Waals surface area contributed by atoms with Gasteiger partial charge in [0.1, 0.15) is 5.76 Å². The van der Waals surface area contributed by atoms with E-state index in [1.807, 2.05) is 12.1 Å². The standard InChI is InChI=1S/C18H20F3N3OS/c19-18(20,21)15-4-1-3-14(11-15)13-23-6-8-24(9-7-23)17(26)22-12-16-5-2-10-25-16/h1-5,10-11H,6-9,12-13H2,(H,22,26). The molecule has 26 heavy (non-hydrogen) atoms. The molecule has 1 aliphatic heterocycles. The largest absolute Gasteiger partial charge is 0.467 e. The number of piperazine rings is 1. The zero-order chi connectivity index (χ0) is 18.6. The van der Waals surface area contributed by atoms with Crippen LogP contribution in [0.2, 0.25) is 0 Å². The summed E-state index contributed by atoms with van der Waals surface area (Å²) in [5.74, 6) is 0.815. The highest BCUT2D eigenvalue weighted by atomic mass is 32.1. The number of nitrogens with zero attached hydrogens (tertiary/aromatic N) is 2. The fraction of sp³-hybridized carbons (Fsp3) is 0.389. The van der Waals surface area contributed by atoms with Gasteiger partial charge in [0.15, 0.2) is 5.11 Å². The zero-order valence-electron chi connectivity index (χ0n) is 14.1. The number of alkyl halides is 3. The summed E-state index contributed by atoms with van der Waals surface area (Å²) in [6.45, 7) is 4.02. The molecule has 1 N–H and O–H groups in total. The molecule has 0 amide bonds. The van der Waals surface area contributed by atoms with Gasteiger partial charge in [-0.15, -0.1) is 0 Å². The first-order valence-electron chi connectivity index (χ1n) is 8.35. The Morgan fingerprint density at radius 3 is 2.54 bits per heavy atom. The molecule has 1 aliphatic rings. The summed E-state index contributed by atoms with van der Waals surface area (Å²) >= 11 is 5.40. The number of nitrogens with one attached hydrogen (secondary N) is 1. The summed E-state index contributed by atoms with van der Waals surface area (Å²) in [4.78, 5) is 4.21. The first-order chi connectivity index (χ1) is 12.4. The van der Waals surface area contributed by atoms with Gasteiger partial charge in [-0.05, 0) is 36.0 Å². The van der Waals surface area contributed by atoms with Crippen LogP contribution in [0.4, 0.5) is 13.2 Å². The van der Waals surface area contributed by atoms with E-state index in [2.05, 4.69) is 15.1 Å². The second-order valence-corrected chi connectivity index (χ2v) is 6.59. The first kappa shape index (κ1) is 18.7. The number of halogens is 3. The van der Waals surface area contributed by atoms with Crippen LogP contribution in [0.5, 0.6) is 0 Å². The summed E-state index contributed by atoms with van der Waals surface area (Å²) in [5.41, 5.74) is 0.0729. The molecule has 2 heterocycles. The molecule has 1 aromatic carbocycles. The van der Waals surface area contributed by atoms with Crippen LogP contribution in [0, 0.1) is 0 Å². The minimum absolute atomic E-state index is 0.504. The van der Waals surface area contributed by atoms with Gasteiger partial charge in [-0.3, -0.25) is 4.90 Å². The van der Waals surface area contributed by atoms with Crippen LogP contribution in [-0.2, 0) is 19.3 Å². The van der Waals surface area contributed by atoms with E-state index < -0.39 is 11.7 Å². The van der Waals surface area contributed by atoms with Crippen LogP contribution in [-0.4, -0.2) is 41.1 Å². The molecule has 0 saturated carbocycles. The SMILES string of the molecule is FC(F)(F)c1cccc(CN2CCN(C(=S)NCc3ccco3)CC2)c1. The van der Waals surface area contributed by atoms with Gasteiger partial charge in [0.2, 0.25) is 0 Å². The second kappa shape index (κ2) is 8.09. The first-order valence-corrected chi connectivity index (χ1v) is 8.76. The van der Waals surface area contributed by atoms with Gasteiger partial charge in [-0.2, -0.15) is 13.2 Å².